The number of aromatic nitrogens is 3. The molecule has 6 heteroatoms. The highest BCUT2D eigenvalue weighted by Crippen LogP contribution is 2.16. The number of anilines is 1. The van der Waals surface area contributed by atoms with Crippen molar-refractivity contribution in [1.82, 2.24) is 14.6 Å². The van der Waals surface area contributed by atoms with Crippen LogP contribution in [0.15, 0.2) is 42.7 Å². The number of amides is 1. The predicted molar refractivity (Wildman–Crippen MR) is 77.1 cm³/mol. The van der Waals surface area contributed by atoms with Gasteiger partial charge in [0.05, 0.1) is 17.5 Å². The molecule has 1 amide bonds. The van der Waals surface area contributed by atoms with E-state index in [-0.39, 0.29) is 5.91 Å². The van der Waals surface area contributed by atoms with Gasteiger partial charge in [-0.1, -0.05) is 11.6 Å². The highest BCUT2D eigenvalue weighted by molar-refractivity contribution is 6.30. The van der Waals surface area contributed by atoms with Gasteiger partial charge in [-0.15, -0.1) is 0 Å². The second kappa shape index (κ2) is 4.94. The van der Waals surface area contributed by atoms with Gasteiger partial charge >= 0.3 is 0 Å². The second-order valence-electron chi connectivity index (χ2n) is 4.32. The molecule has 2 aromatic heterocycles. The standard InChI is InChI=1S/C14H11ClN4O/c1-9-12(8-16-13-6-7-17-19(9)13)14(20)18-11-4-2-10(15)3-5-11/h2-8H,1H3,(H,18,20). The van der Waals surface area contributed by atoms with E-state index in [1.807, 2.05) is 6.92 Å². The van der Waals surface area contributed by atoms with E-state index in [0.29, 0.717) is 21.9 Å². The quantitative estimate of drug-likeness (QED) is 0.788. The van der Waals surface area contributed by atoms with Crippen molar-refractivity contribution in [2.75, 3.05) is 5.32 Å². The fraction of sp³-hybridized carbons (Fsp3) is 0.0714. The third-order valence-corrected chi connectivity index (χ3v) is 3.25. The Morgan fingerprint density at radius 2 is 2.00 bits per heavy atom. The van der Waals surface area contributed by atoms with Gasteiger partial charge in [-0.2, -0.15) is 5.10 Å². The van der Waals surface area contributed by atoms with Crippen LogP contribution in [0, 0.1) is 6.92 Å². The van der Waals surface area contributed by atoms with Crippen LogP contribution in [-0.4, -0.2) is 20.5 Å². The number of carbonyl (C=O) groups is 1. The Morgan fingerprint density at radius 1 is 1.25 bits per heavy atom. The predicted octanol–water partition coefficient (Wildman–Crippen LogP) is 2.94. The zero-order valence-corrected chi connectivity index (χ0v) is 11.4. The minimum atomic E-state index is -0.227. The van der Waals surface area contributed by atoms with Crippen LogP contribution < -0.4 is 5.32 Å². The summed E-state index contributed by atoms with van der Waals surface area (Å²) in [6.07, 6.45) is 3.20. The van der Waals surface area contributed by atoms with Gasteiger partial charge in [0.15, 0.2) is 5.65 Å². The van der Waals surface area contributed by atoms with Crippen molar-refractivity contribution in [2.24, 2.45) is 0 Å². The minimum Gasteiger partial charge on any atom is -0.322 e. The number of carbonyl (C=O) groups excluding carboxylic acids is 1. The third kappa shape index (κ3) is 2.23. The number of hydrogen-bond acceptors (Lipinski definition) is 3. The van der Waals surface area contributed by atoms with E-state index < -0.39 is 0 Å². The lowest BCUT2D eigenvalue weighted by atomic mass is 10.2. The first-order valence-electron chi connectivity index (χ1n) is 6.01. The Kier molecular flexibility index (Phi) is 3.12. The number of rotatable bonds is 2. The number of aryl methyl sites for hydroxylation is 1. The Labute approximate surface area is 120 Å². The lowest BCUT2D eigenvalue weighted by molar-refractivity contribution is 0.102. The van der Waals surface area contributed by atoms with Crippen molar-refractivity contribution in [3.63, 3.8) is 0 Å². The number of nitrogens with one attached hydrogen (secondary N) is 1. The SMILES string of the molecule is Cc1c(C(=O)Nc2ccc(Cl)cc2)cnc2ccnn12. The van der Waals surface area contributed by atoms with Crippen LogP contribution in [0.2, 0.25) is 5.02 Å². The molecule has 20 heavy (non-hydrogen) atoms. The fourth-order valence-corrected chi connectivity index (χ4v) is 2.07. The molecule has 0 bridgehead atoms. The van der Waals surface area contributed by atoms with Crippen LogP contribution >= 0.6 is 11.6 Å². The summed E-state index contributed by atoms with van der Waals surface area (Å²) in [6.45, 7) is 1.83. The molecule has 2 heterocycles. The van der Waals surface area contributed by atoms with Gasteiger partial charge in [0.1, 0.15) is 0 Å². The molecule has 3 rings (SSSR count). The normalized spacial score (nSPS) is 10.7. The maximum Gasteiger partial charge on any atom is 0.259 e. The van der Waals surface area contributed by atoms with Crippen molar-refractivity contribution in [1.29, 1.82) is 0 Å². The zero-order valence-electron chi connectivity index (χ0n) is 10.7. The molecule has 0 aliphatic carbocycles. The number of halogens is 1. The van der Waals surface area contributed by atoms with Crippen LogP contribution in [0.4, 0.5) is 5.69 Å². The number of benzene rings is 1. The van der Waals surface area contributed by atoms with Gasteiger partial charge in [0, 0.05) is 23.0 Å². The van der Waals surface area contributed by atoms with E-state index in [1.54, 1.807) is 47.2 Å². The smallest absolute Gasteiger partial charge is 0.259 e. The number of nitrogens with zero attached hydrogens (tertiary/aromatic N) is 3. The van der Waals surface area contributed by atoms with Crippen molar-refractivity contribution in [2.45, 2.75) is 6.92 Å². The molecule has 5 nitrogen and oxygen atoms in total. The summed E-state index contributed by atoms with van der Waals surface area (Å²) >= 11 is 5.81. The summed E-state index contributed by atoms with van der Waals surface area (Å²) in [7, 11) is 0. The van der Waals surface area contributed by atoms with E-state index in [9.17, 15) is 4.79 Å². The van der Waals surface area contributed by atoms with E-state index in [0.717, 1.165) is 5.69 Å². The molecule has 3 aromatic rings. The molecule has 0 saturated carbocycles. The maximum atomic E-state index is 12.3. The van der Waals surface area contributed by atoms with Gasteiger partial charge in [0.2, 0.25) is 0 Å². The molecule has 100 valence electrons. The van der Waals surface area contributed by atoms with Crippen LogP contribution in [0.5, 0.6) is 0 Å². The van der Waals surface area contributed by atoms with Crippen molar-refractivity contribution in [3.05, 3.63) is 59.0 Å². The van der Waals surface area contributed by atoms with Crippen LogP contribution in [0.25, 0.3) is 5.65 Å². The summed E-state index contributed by atoms with van der Waals surface area (Å²) in [6, 6.07) is 8.72. The monoisotopic (exact) mass is 286 g/mol. The molecule has 0 saturated heterocycles. The molecular weight excluding hydrogens is 276 g/mol. The lowest BCUT2D eigenvalue weighted by Crippen LogP contribution is -2.16. The van der Waals surface area contributed by atoms with Crippen molar-refractivity contribution in [3.8, 4) is 0 Å². The Hall–Kier alpha value is -2.40. The van der Waals surface area contributed by atoms with Crippen LogP contribution in [0.3, 0.4) is 0 Å². The molecule has 0 aliphatic rings. The average Bonchev–Trinajstić information content (AvgIpc) is 2.91. The topological polar surface area (TPSA) is 59.3 Å². The summed E-state index contributed by atoms with van der Waals surface area (Å²) in [5.74, 6) is -0.227. The zero-order chi connectivity index (χ0) is 14.1. The summed E-state index contributed by atoms with van der Waals surface area (Å²) < 4.78 is 1.64. The van der Waals surface area contributed by atoms with Gasteiger partial charge in [-0.25, -0.2) is 9.50 Å². The molecule has 0 radical (unpaired) electrons. The van der Waals surface area contributed by atoms with Crippen LogP contribution in [-0.2, 0) is 0 Å². The van der Waals surface area contributed by atoms with Crippen LogP contribution in [0.1, 0.15) is 16.1 Å². The molecule has 0 spiro atoms. The van der Waals surface area contributed by atoms with E-state index in [2.05, 4.69) is 15.4 Å². The molecule has 0 unspecified atom stereocenters. The first kappa shape index (κ1) is 12.6. The van der Waals surface area contributed by atoms with Crippen molar-refractivity contribution >= 4 is 28.8 Å². The molecular formula is C14H11ClN4O. The highest BCUT2D eigenvalue weighted by Gasteiger charge is 2.13. The summed E-state index contributed by atoms with van der Waals surface area (Å²) in [4.78, 5) is 16.5. The molecule has 0 atom stereocenters. The maximum absolute atomic E-state index is 12.3. The van der Waals surface area contributed by atoms with E-state index >= 15 is 0 Å². The first-order valence-corrected chi connectivity index (χ1v) is 6.39. The largest absolute Gasteiger partial charge is 0.322 e. The first-order chi connectivity index (χ1) is 9.65. The Morgan fingerprint density at radius 3 is 2.75 bits per heavy atom. The second-order valence-corrected chi connectivity index (χ2v) is 4.76. The summed E-state index contributed by atoms with van der Waals surface area (Å²) in [5, 5.41) is 7.57. The van der Waals surface area contributed by atoms with Gasteiger partial charge < -0.3 is 5.32 Å². The molecule has 1 aromatic carbocycles. The summed E-state index contributed by atoms with van der Waals surface area (Å²) in [5.41, 5.74) is 2.62. The number of fused-ring (bicyclic) bond motifs is 1. The van der Waals surface area contributed by atoms with Gasteiger partial charge in [-0.05, 0) is 31.2 Å². The highest BCUT2D eigenvalue weighted by atomic mass is 35.5. The van der Waals surface area contributed by atoms with Crippen molar-refractivity contribution < 1.29 is 4.79 Å². The molecule has 0 aliphatic heterocycles. The average molecular weight is 287 g/mol. The molecule has 1 N–H and O–H groups in total. The lowest BCUT2D eigenvalue weighted by Gasteiger charge is -2.08. The molecule has 0 fully saturated rings. The Bertz CT molecular complexity index is 779. The van der Waals surface area contributed by atoms with E-state index in [4.69, 9.17) is 11.6 Å². The minimum absolute atomic E-state index is 0.227. The van der Waals surface area contributed by atoms with Gasteiger partial charge in [-0.3, -0.25) is 4.79 Å². The Balaban J connectivity index is 1.92. The third-order valence-electron chi connectivity index (χ3n) is 3.00. The fourth-order valence-electron chi connectivity index (χ4n) is 1.95. The number of hydrogen-bond donors (Lipinski definition) is 1. The van der Waals surface area contributed by atoms with E-state index in [1.165, 1.54) is 0 Å². The van der Waals surface area contributed by atoms with Gasteiger partial charge in [0.25, 0.3) is 5.91 Å².